The van der Waals surface area contributed by atoms with Gasteiger partial charge in [0.1, 0.15) is 0 Å². The summed E-state index contributed by atoms with van der Waals surface area (Å²) < 4.78 is 1.42. The van der Waals surface area contributed by atoms with Crippen molar-refractivity contribution in [1.29, 1.82) is 0 Å². The molecule has 0 radical (unpaired) electrons. The zero-order valence-corrected chi connectivity index (χ0v) is 4.90. The average molecular weight is 126 g/mol. The van der Waals surface area contributed by atoms with Gasteiger partial charge in [-0.15, -0.1) is 5.10 Å². The first-order valence-electron chi connectivity index (χ1n) is 2.36. The minimum atomic E-state index is -0.553. The van der Waals surface area contributed by atoms with Gasteiger partial charge in [0.15, 0.2) is 5.69 Å². The molecule has 0 atom stereocenters. The van der Waals surface area contributed by atoms with Crippen LogP contribution in [0.2, 0.25) is 0 Å². The molecule has 1 heterocycles. The third-order valence-corrected chi connectivity index (χ3v) is 0.855. The summed E-state index contributed by atoms with van der Waals surface area (Å²) in [6.45, 7) is 0. The zero-order valence-electron chi connectivity index (χ0n) is 4.90. The van der Waals surface area contributed by atoms with E-state index in [1.807, 2.05) is 0 Å². The average Bonchev–Trinajstić information content (AvgIpc) is 2.14. The highest BCUT2D eigenvalue weighted by molar-refractivity contribution is 5.90. The summed E-state index contributed by atoms with van der Waals surface area (Å²) in [5.74, 6) is -0.553. The van der Waals surface area contributed by atoms with Crippen molar-refractivity contribution < 1.29 is 4.79 Å². The Hall–Kier alpha value is -1.39. The van der Waals surface area contributed by atoms with Crippen LogP contribution in [0.25, 0.3) is 0 Å². The van der Waals surface area contributed by atoms with Crippen LogP contribution in [0.3, 0.4) is 0 Å². The van der Waals surface area contributed by atoms with Gasteiger partial charge in [0.05, 0.1) is 6.20 Å². The molecule has 0 fully saturated rings. The van der Waals surface area contributed by atoms with Crippen molar-refractivity contribution in [2.75, 3.05) is 0 Å². The van der Waals surface area contributed by atoms with Crippen LogP contribution in [0.4, 0.5) is 0 Å². The zero-order chi connectivity index (χ0) is 6.85. The number of primary amides is 1. The molecular weight excluding hydrogens is 120 g/mol. The van der Waals surface area contributed by atoms with Crippen LogP contribution in [0, 0.1) is 0 Å². The molecule has 1 rings (SSSR count). The predicted molar refractivity (Wildman–Crippen MR) is 29.5 cm³/mol. The molecule has 1 amide bonds. The molecule has 9 heavy (non-hydrogen) atoms. The van der Waals surface area contributed by atoms with Gasteiger partial charge in [0.25, 0.3) is 5.91 Å². The van der Waals surface area contributed by atoms with E-state index in [-0.39, 0.29) is 5.69 Å². The number of carbonyl (C=O) groups excluding carboxylic acids is 1. The van der Waals surface area contributed by atoms with E-state index in [1.165, 1.54) is 10.9 Å². The van der Waals surface area contributed by atoms with Gasteiger partial charge in [-0.2, -0.15) is 0 Å². The fourth-order valence-electron chi connectivity index (χ4n) is 0.460. The number of nitrogens with zero attached hydrogens (tertiary/aromatic N) is 3. The quantitative estimate of drug-likeness (QED) is 0.519. The van der Waals surface area contributed by atoms with Gasteiger partial charge in [-0.05, 0) is 0 Å². The van der Waals surface area contributed by atoms with Gasteiger partial charge in [-0.1, -0.05) is 5.21 Å². The first-order chi connectivity index (χ1) is 4.20. The molecule has 0 aliphatic rings. The van der Waals surface area contributed by atoms with Crippen LogP contribution in [0.1, 0.15) is 10.5 Å². The van der Waals surface area contributed by atoms with E-state index in [2.05, 4.69) is 10.3 Å². The van der Waals surface area contributed by atoms with Gasteiger partial charge in [0, 0.05) is 7.05 Å². The van der Waals surface area contributed by atoms with Gasteiger partial charge in [0.2, 0.25) is 0 Å². The number of aryl methyl sites for hydroxylation is 1. The molecular formula is C4H6N4O. The highest BCUT2D eigenvalue weighted by Gasteiger charge is 2.02. The van der Waals surface area contributed by atoms with Crippen LogP contribution < -0.4 is 5.73 Å². The third kappa shape index (κ3) is 1.04. The SMILES string of the molecule is Cn1cc(C(N)=O)nn1. The molecule has 0 saturated carbocycles. The van der Waals surface area contributed by atoms with Crippen molar-refractivity contribution >= 4 is 5.91 Å². The summed E-state index contributed by atoms with van der Waals surface area (Å²) in [7, 11) is 1.67. The molecule has 5 heteroatoms. The molecule has 0 saturated heterocycles. The van der Waals surface area contributed by atoms with Crippen LogP contribution in [0.15, 0.2) is 6.20 Å². The van der Waals surface area contributed by atoms with Crippen molar-refractivity contribution in [3.05, 3.63) is 11.9 Å². The van der Waals surface area contributed by atoms with Crippen molar-refractivity contribution in [3.63, 3.8) is 0 Å². The molecule has 1 aromatic heterocycles. The monoisotopic (exact) mass is 126 g/mol. The van der Waals surface area contributed by atoms with Gasteiger partial charge in [-0.3, -0.25) is 9.48 Å². The number of aromatic nitrogens is 3. The first kappa shape index (κ1) is 5.74. The minimum absolute atomic E-state index is 0.192. The Morgan fingerprint density at radius 1 is 1.89 bits per heavy atom. The largest absolute Gasteiger partial charge is 0.364 e. The van der Waals surface area contributed by atoms with Crippen LogP contribution in [-0.2, 0) is 7.05 Å². The fraction of sp³-hybridized carbons (Fsp3) is 0.250. The van der Waals surface area contributed by atoms with Crippen LogP contribution in [-0.4, -0.2) is 20.9 Å². The molecule has 48 valence electrons. The van der Waals surface area contributed by atoms with E-state index >= 15 is 0 Å². The summed E-state index contributed by atoms with van der Waals surface area (Å²) in [5, 5.41) is 6.96. The highest BCUT2D eigenvalue weighted by Crippen LogP contribution is 1.86. The van der Waals surface area contributed by atoms with E-state index in [4.69, 9.17) is 5.73 Å². The van der Waals surface area contributed by atoms with Crippen molar-refractivity contribution in [2.45, 2.75) is 0 Å². The number of nitrogens with two attached hydrogens (primary N) is 1. The molecule has 1 aromatic rings. The maximum atomic E-state index is 10.3. The van der Waals surface area contributed by atoms with Gasteiger partial charge < -0.3 is 5.73 Å². The number of carbonyl (C=O) groups is 1. The van der Waals surface area contributed by atoms with E-state index in [0.717, 1.165) is 0 Å². The summed E-state index contributed by atoms with van der Waals surface area (Å²) in [6, 6.07) is 0. The Bertz CT molecular complexity index is 228. The minimum Gasteiger partial charge on any atom is -0.364 e. The lowest BCUT2D eigenvalue weighted by Crippen LogP contribution is -2.11. The fourth-order valence-corrected chi connectivity index (χ4v) is 0.460. The van der Waals surface area contributed by atoms with Crippen molar-refractivity contribution in [1.82, 2.24) is 15.0 Å². The molecule has 0 aliphatic carbocycles. The topological polar surface area (TPSA) is 73.8 Å². The van der Waals surface area contributed by atoms with Crippen LogP contribution in [0.5, 0.6) is 0 Å². The number of rotatable bonds is 1. The molecule has 0 spiro atoms. The Labute approximate surface area is 51.5 Å². The number of amides is 1. The highest BCUT2D eigenvalue weighted by atomic mass is 16.1. The maximum absolute atomic E-state index is 10.3. The lowest BCUT2D eigenvalue weighted by atomic mass is 10.5. The maximum Gasteiger partial charge on any atom is 0.270 e. The second-order valence-corrected chi connectivity index (χ2v) is 1.64. The van der Waals surface area contributed by atoms with Gasteiger partial charge >= 0.3 is 0 Å². The lowest BCUT2D eigenvalue weighted by Gasteiger charge is -1.79. The predicted octanol–water partition coefficient (Wildman–Crippen LogP) is -1.09. The van der Waals surface area contributed by atoms with Crippen molar-refractivity contribution in [3.8, 4) is 0 Å². The Morgan fingerprint density at radius 2 is 2.56 bits per heavy atom. The molecule has 2 N–H and O–H groups in total. The molecule has 0 aromatic carbocycles. The number of hydrogen-bond donors (Lipinski definition) is 1. The van der Waals surface area contributed by atoms with E-state index in [9.17, 15) is 4.79 Å². The summed E-state index contributed by atoms with van der Waals surface area (Å²) in [4.78, 5) is 10.3. The first-order valence-corrected chi connectivity index (χ1v) is 2.36. The summed E-state index contributed by atoms with van der Waals surface area (Å²) in [6.07, 6.45) is 1.46. The Balaban J connectivity index is 2.98. The molecule has 0 unspecified atom stereocenters. The Kier molecular flexibility index (Phi) is 1.18. The lowest BCUT2D eigenvalue weighted by molar-refractivity contribution is 0.0995. The normalized spacial score (nSPS) is 9.44. The van der Waals surface area contributed by atoms with Crippen molar-refractivity contribution in [2.24, 2.45) is 12.8 Å². The molecule has 0 bridgehead atoms. The smallest absolute Gasteiger partial charge is 0.270 e. The summed E-state index contributed by atoms with van der Waals surface area (Å²) in [5.41, 5.74) is 5.06. The Morgan fingerprint density at radius 3 is 2.78 bits per heavy atom. The van der Waals surface area contributed by atoms with E-state index in [0.29, 0.717) is 0 Å². The van der Waals surface area contributed by atoms with Gasteiger partial charge in [-0.25, -0.2) is 0 Å². The van der Waals surface area contributed by atoms with E-state index < -0.39 is 5.91 Å². The van der Waals surface area contributed by atoms with Crippen LogP contribution >= 0.6 is 0 Å². The second kappa shape index (κ2) is 1.85. The van der Waals surface area contributed by atoms with E-state index in [1.54, 1.807) is 7.05 Å². The second-order valence-electron chi connectivity index (χ2n) is 1.64. The summed E-state index contributed by atoms with van der Waals surface area (Å²) >= 11 is 0. The number of hydrogen-bond acceptors (Lipinski definition) is 3. The molecule has 5 nitrogen and oxygen atoms in total. The third-order valence-electron chi connectivity index (χ3n) is 0.855. The standard InChI is InChI=1S/C4H6N4O/c1-8-2-3(4(5)9)6-7-8/h2H,1H3,(H2,5,9). The molecule has 0 aliphatic heterocycles.